The lowest BCUT2D eigenvalue weighted by Gasteiger charge is -2.21. The van der Waals surface area contributed by atoms with Crippen molar-refractivity contribution < 1.29 is 23.9 Å². The van der Waals surface area contributed by atoms with Gasteiger partial charge in [-0.2, -0.15) is 5.26 Å². The van der Waals surface area contributed by atoms with Gasteiger partial charge in [0.25, 0.3) is 0 Å². The Labute approximate surface area is 185 Å². The maximum absolute atomic E-state index is 12.7. The van der Waals surface area contributed by atoms with Gasteiger partial charge < -0.3 is 20.5 Å². The van der Waals surface area contributed by atoms with Gasteiger partial charge in [0.1, 0.15) is 28.6 Å². The normalized spacial score (nSPS) is 11.5. The zero-order chi connectivity index (χ0) is 23.0. The fourth-order valence-electron chi connectivity index (χ4n) is 2.84. The molecule has 2 rings (SSSR count). The van der Waals surface area contributed by atoms with Crippen molar-refractivity contribution in [3.8, 4) is 6.07 Å². The molecule has 31 heavy (non-hydrogen) atoms. The third-order valence-electron chi connectivity index (χ3n) is 4.41. The van der Waals surface area contributed by atoms with Crippen molar-refractivity contribution in [3.05, 3.63) is 51.9 Å². The summed E-state index contributed by atoms with van der Waals surface area (Å²) in [5, 5.41) is 12.2. The number of rotatable bonds is 9. The van der Waals surface area contributed by atoms with Crippen LogP contribution in [0, 0.1) is 17.2 Å². The highest BCUT2D eigenvalue weighted by molar-refractivity contribution is 7.18. The molecule has 0 saturated heterocycles. The molecule has 8 nitrogen and oxygen atoms in total. The van der Waals surface area contributed by atoms with Crippen LogP contribution in [-0.4, -0.2) is 30.5 Å². The number of nitrogens with one attached hydrogen (secondary N) is 1. The highest BCUT2D eigenvalue weighted by Gasteiger charge is 2.28. The number of benzene rings is 1. The molecule has 0 aliphatic rings. The molecular formula is C22H25N3O5S. The zero-order valence-electron chi connectivity index (χ0n) is 17.6. The highest BCUT2D eigenvalue weighted by Crippen LogP contribution is 2.32. The van der Waals surface area contributed by atoms with Crippen LogP contribution in [0.5, 0.6) is 0 Å². The second kappa shape index (κ2) is 11.1. The van der Waals surface area contributed by atoms with E-state index < -0.39 is 18.0 Å². The minimum Gasteiger partial charge on any atom is -0.462 e. The summed E-state index contributed by atoms with van der Waals surface area (Å²) in [7, 11) is 0. The summed E-state index contributed by atoms with van der Waals surface area (Å²) < 4.78 is 10.4. The van der Waals surface area contributed by atoms with E-state index in [2.05, 4.69) is 5.32 Å². The number of nitrogens with zero attached hydrogens (tertiary/aromatic N) is 1. The molecule has 0 unspecified atom stereocenters. The fraction of sp³-hybridized carbons (Fsp3) is 0.364. The second-order valence-corrected chi connectivity index (χ2v) is 8.09. The zero-order valence-corrected chi connectivity index (χ0v) is 18.5. The SMILES string of the molecule is CCOC(=O)c1sc(N)c(C#N)c1COC(=O)[C@@H](NC(=O)Cc1ccccc1)C(C)C. The van der Waals surface area contributed by atoms with Gasteiger partial charge in [-0.25, -0.2) is 9.59 Å². The van der Waals surface area contributed by atoms with Gasteiger partial charge in [-0.3, -0.25) is 4.79 Å². The largest absolute Gasteiger partial charge is 0.462 e. The second-order valence-electron chi connectivity index (χ2n) is 7.04. The number of nitriles is 1. The molecule has 1 aromatic carbocycles. The Morgan fingerprint density at radius 2 is 1.87 bits per heavy atom. The average Bonchev–Trinajstić information content (AvgIpc) is 3.06. The van der Waals surface area contributed by atoms with Gasteiger partial charge in [-0.05, 0) is 18.4 Å². The van der Waals surface area contributed by atoms with E-state index in [4.69, 9.17) is 15.2 Å². The maximum Gasteiger partial charge on any atom is 0.348 e. The number of hydrogen-bond donors (Lipinski definition) is 2. The van der Waals surface area contributed by atoms with Crippen molar-refractivity contribution >= 4 is 34.2 Å². The van der Waals surface area contributed by atoms with Gasteiger partial charge in [-0.15, -0.1) is 11.3 Å². The standard InChI is InChI=1S/C22H25N3O5S/c1-4-29-22(28)19-16(15(11-23)20(24)31-19)12-30-21(27)18(13(2)3)25-17(26)10-14-8-6-5-7-9-14/h5-9,13,18H,4,10,12,24H2,1-3H3,(H,25,26)/t18-/m0/s1. The Morgan fingerprint density at radius 1 is 1.19 bits per heavy atom. The maximum atomic E-state index is 12.7. The number of esters is 2. The van der Waals surface area contributed by atoms with Crippen LogP contribution in [0.4, 0.5) is 5.00 Å². The Morgan fingerprint density at radius 3 is 2.45 bits per heavy atom. The summed E-state index contributed by atoms with van der Waals surface area (Å²) in [4.78, 5) is 37.4. The summed E-state index contributed by atoms with van der Waals surface area (Å²) in [5.41, 5.74) is 6.94. The minimum atomic E-state index is -0.885. The van der Waals surface area contributed by atoms with Crippen molar-refractivity contribution in [3.63, 3.8) is 0 Å². The van der Waals surface area contributed by atoms with E-state index in [0.717, 1.165) is 16.9 Å². The molecule has 9 heteroatoms. The van der Waals surface area contributed by atoms with E-state index in [-0.39, 0.29) is 52.5 Å². The summed E-state index contributed by atoms with van der Waals surface area (Å²) in [5.74, 6) is -1.85. The van der Waals surface area contributed by atoms with Crippen LogP contribution in [0.15, 0.2) is 30.3 Å². The Bertz CT molecular complexity index is 979. The molecular weight excluding hydrogens is 418 g/mol. The highest BCUT2D eigenvalue weighted by atomic mass is 32.1. The molecule has 0 aliphatic carbocycles. The van der Waals surface area contributed by atoms with Crippen LogP contribution in [0.25, 0.3) is 0 Å². The third-order valence-corrected chi connectivity index (χ3v) is 5.45. The number of amides is 1. The van der Waals surface area contributed by atoms with E-state index >= 15 is 0 Å². The summed E-state index contributed by atoms with van der Waals surface area (Å²) in [6.07, 6.45) is 0.129. The molecule has 0 spiro atoms. The first-order valence-electron chi connectivity index (χ1n) is 9.76. The average molecular weight is 444 g/mol. The predicted octanol–water partition coefficient (Wildman–Crippen LogP) is 2.81. The lowest BCUT2D eigenvalue weighted by Crippen LogP contribution is -2.45. The first kappa shape index (κ1) is 23.9. The molecule has 164 valence electrons. The number of carbonyl (C=O) groups is 3. The van der Waals surface area contributed by atoms with Crippen molar-refractivity contribution in [2.24, 2.45) is 5.92 Å². The molecule has 0 radical (unpaired) electrons. The van der Waals surface area contributed by atoms with Crippen LogP contribution in [-0.2, 0) is 32.1 Å². The number of nitrogens with two attached hydrogens (primary N) is 1. The third kappa shape index (κ3) is 6.30. The van der Waals surface area contributed by atoms with Crippen LogP contribution in [0.2, 0.25) is 0 Å². The molecule has 1 heterocycles. The molecule has 0 bridgehead atoms. The van der Waals surface area contributed by atoms with Crippen molar-refractivity contribution in [2.45, 2.75) is 39.8 Å². The van der Waals surface area contributed by atoms with E-state index in [1.165, 1.54) is 0 Å². The monoisotopic (exact) mass is 443 g/mol. The number of hydrogen-bond acceptors (Lipinski definition) is 8. The van der Waals surface area contributed by atoms with E-state index in [1.54, 1.807) is 20.8 Å². The van der Waals surface area contributed by atoms with Gasteiger partial charge in [0, 0.05) is 5.56 Å². The topological polar surface area (TPSA) is 132 Å². The molecule has 0 saturated carbocycles. The Kier molecular flexibility index (Phi) is 8.58. The number of nitrogen functional groups attached to an aromatic ring is 1. The van der Waals surface area contributed by atoms with Gasteiger partial charge >= 0.3 is 11.9 Å². The first-order valence-corrected chi connectivity index (χ1v) is 10.6. The van der Waals surface area contributed by atoms with Crippen LogP contribution in [0.3, 0.4) is 0 Å². The van der Waals surface area contributed by atoms with Crippen LogP contribution >= 0.6 is 11.3 Å². The van der Waals surface area contributed by atoms with Crippen LogP contribution in [0.1, 0.15) is 47.1 Å². The van der Waals surface area contributed by atoms with E-state index in [9.17, 15) is 19.6 Å². The quantitative estimate of drug-likeness (QED) is 0.570. The van der Waals surface area contributed by atoms with Gasteiger partial charge in [0.2, 0.25) is 5.91 Å². The predicted molar refractivity (Wildman–Crippen MR) is 116 cm³/mol. The lowest BCUT2D eigenvalue weighted by molar-refractivity contribution is -0.150. The molecule has 1 atom stereocenters. The van der Waals surface area contributed by atoms with Crippen molar-refractivity contribution in [2.75, 3.05) is 12.3 Å². The van der Waals surface area contributed by atoms with Crippen molar-refractivity contribution in [1.82, 2.24) is 5.32 Å². The fourth-order valence-corrected chi connectivity index (χ4v) is 3.76. The van der Waals surface area contributed by atoms with E-state index in [0.29, 0.717) is 0 Å². The molecule has 1 aromatic heterocycles. The molecule has 3 N–H and O–H groups in total. The number of carbonyl (C=O) groups excluding carboxylic acids is 3. The lowest BCUT2D eigenvalue weighted by atomic mass is 10.0. The van der Waals surface area contributed by atoms with Gasteiger partial charge in [0.05, 0.1) is 18.6 Å². The van der Waals surface area contributed by atoms with E-state index in [1.807, 2.05) is 36.4 Å². The molecule has 2 aromatic rings. The molecule has 1 amide bonds. The summed E-state index contributed by atoms with van der Waals surface area (Å²) in [6.45, 7) is 5.04. The molecule has 0 aliphatic heterocycles. The minimum absolute atomic E-state index is 0.0788. The smallest absolute Gasteiger partial charge is 0.348 e. The summed E-state index contributed by atoms with van der Waals surface area (Å²) >= 11 is 0.912. The van der Waals surface area contributed by atoms with Crippen molar-refractivity contribution in [1.29, 1.82) is 5.26 Å². The van der Waals surface area contributed by atoms with Crippen LogP contribution < -0.4 is 11.1 Å². The number of ether oxygens (including phenoxy) is 2. The van der Waals surface area contributed by atoms with Gasteiger partial charge in [0.15, 0.2) is 0 Å². The van der Waals surface area contributed by atoms with Gasteiger partial charge in [-0.1, -0.05) is 44.2 Å². The number of anilines is 1. The molecule has 0 fully saturated rings. The number of thiophene rings is 1. The first-order chi connectivity index (χ1) is 14.8. The summed E-state index contributed by atoms with van der Waals surface area (Å²) in [6, 6.07) is 10.2. The Hall–Kier alpha value is -3.38. The Balaban J connectivity index is 2.11.